The molecule has 0 bridgehead atoms. The molecule has 118 valence electrons. The third kappa shape index (κ3) is 3.77. The molecule has 0 saturated heterocycles. The highest BCUT2D eigenvalue weighted by Crippen LogP contribution is 2.23. The third-order valence-electron chi connectivity index (χ3n) is 3.21. The average Bonchev–Trinajstić information content (AvgIpc) is 2.62. The van der Waals surface area contributed by atoms with E-state index >= 15 is 0 Å². The number of nitrogens with one attached hydrogen (secondary N) is 1. The van der Waals surface area contributed by atoms with Crippen LogP contribution in [0.25, 0.3) is 22.3 Å². The van der Waals surface area contributed by atoms with Crippen molar-refractivity contribution in [3.8, 4) is 11.4 Å². The molecule has 2 N–H and O–H groups in total. The van der Waals surface area contributed by atoms with Crippen LogP contribution in [0, 0.1) is 0 Å². The molecule has 3 aromatic heterocycles. The number of ether oxygens (including phenoxy) is 1. The number of anilines is 1. The lowest BCUT2D eigenvalue weighted by Gasteiger charge is -2.10. The van der Waals surface area contributed by atoms with Crippen molar-refractivity contribution in [2.75, 3.05) is 31.7 Å². The number of pyridine rings is 2. The summed E-state index contributed by atoms with van der Waals surface area (Å²) < 4.78 is 5.25. The van der Waals surface area contributed by atoms with Crippen molar-refractivity contribution in [2.45, 2.75) is 0 Å². The van der Waals surface area contributed by atoms with Gasteiger partial charge in [0, 0.05) is 36.1 Å². The summed E-state index contributed by atoms with van der Waals surface area (Å²) in [4.78, 5) is 17.3. The molecule has 0 atom stereocenters. The minimum absolute atomic E-state index is 0.0221. The molecule has 0 aliphatic heterocycles. The first-order valence-electron chi connectivity index (χ1n) is 7.33. The molecule has 0 aromatic carbocycles. The summed E-state index contributed by atoms with van der Waals surface area (Å²) in [5.74, 6) is 1.35. The van der Waals surface area contributed by atoms with Crippen LogP contribution in [-0.2, 0) is 4.74 Å². The van der Waals surface area contributed by atoms with Crippen LogP contribution >= 0.6 is 0 Å². The maximum atomic E-state index is 8.71. The van der Waals surface area contributed by atoms with E-state index in [0.717, 1.165) is 22.3 Å². The number of aliphatic hydroxyl groups excluding tert-OH is 1. The number of hydrogen-bond donors (Lipinski definition) is 2. The second-order valence-electron chi connectivity index (χ2n) is 4.79. The number of aliphatic hydroxyl groups is 1. The average molecular weight is 311 g/mol. The van der Waals surface area contributed by atoms with Crippen molar-refractivity contribution in [1.29, 1.82) is 0 Å². The van der Waals surface area contributed by atoms with E-state index in [2.05, 4.69) is 25.3 Å². The fourth-order valence-electron chi connectivity index (χ4n) is 2.15. The standard InChI is InChI=1S/C16H17N5O2/c22-8-10-23-9-7-19-16-13-3-6-18-11-14(13)20-15(21-16)12-1-4-17-5-2-12/h1-6,11,22H,7-10H2,(H,19,20,21). The summed E-state index contributed by atoms with van der Waals surface area (Å²) in [5.41, 5.74) is 1.67. The molecule has 0 fully saturated rings. The van der Waals surface area contributed by atoms with Crippen molar-refractivity contribution in [2.24, 2.45) is 0 Å². The van der Waals surface area contributed by atoms with E-state index in [1.807, 2.05) is 18.2 Å². The zero-order valence-corrected chi connectivity index (χ0v) is 12.5. The van der Waals surface area contributed by atoms with Crippen molar-refractivity contribution in [1.82, 2.24) is 19.9 Å². The van der Waals surface area contributed by atoms with Crippen LogP contribution in [0.5, 0.6) is 0 Å². The molecule has 7 heteroatoms. The Morgan fingerprint density at radius 2 is 1.83 bits per heavy atom. The second-order valence-corrected chi connectivity index (χ2v) is 4.79. The van der Waals surface area contributed by atoms with E-state index in [9.17, 15) is 0 Å². The molecule has 0 radical (unpaired) electrons. The molecule has 23 heavy (non-hydrogen) atoms. The lowest BCUT2D eigenvalue weighted by molar-refractivity contribution is 0.0992. The van der Waals surface area contributed by atoms with E-state index in [1.165, 1.54) is 0 Å². The summed E-state index contributed by atoms with van der Waals surface area (Å²) in [7, 11) is 0. The highest BCUT2D eigenvalue weighted by Gasteiger charge is 2.09. The summed E-state index contributed by atoms with van der Waals surface area (Å²) in [6.45, 7) is 1.43. The Morgan fingerprint density at radius 3 is 2.65 bits per heavy atom. The van der Waals surface area contributed by atoms with Gasteiger partial charge in [-0.3, -0.25) is 9.97 Å². The van der Waals surface area contributed by atoms with Gasteiger partial charge in [-0.05, 0) is 18.2 Å². The fraction of sp³-hybridized carbons (Fsp3) is 0.250. The number of aromatic nitrogens is 4. The molecular formula is C16H17N5O2. The van der Waals surface area contributed by atoms with E-state index in [1.54, 1.807) is 24.8 Å². The van der Waals surface area contributed by atoms with Gasteiger partial charge in [0.1, 0.15) is 5.82 Å². The smallest absolute Gasteiger partial charge is 0.162 e. The quantitative estimate of drug-likeness (QED) is 0.639. The molecule has 7 nitrogen and oxygen atoms in total. The zero-order valence-electron chi connectivity index (χ0n) is 12.5. The normalized spacial score (nSPS) is 10.8. The van der Waals surface area contributed by atoms with E-state index in [-0.39, 0.29) is 6.61 Å². The predicted molar refractivity (Wildman–Crippen MR) is 87.0 cm³/mol. The Hall–Kier alpha value is -2.64. The highest BCUT2D eigenvalue weighted by molar-refractivity contribution is 5.89. The number of hydrogen-bond acceptors (Lipinski definition) is 7. The van der Waals surface area contributed by atoms with Gasteiger partial charge in [-0.15, -0.1) is 0 Å². The van der Waals surface area contributed by atoms with Gasteiger partial charge >= 0.3 is 0 Å². The van der Waals surface area contributed by atoms with Gasteiger partial charge < -0.3 is 15.2 Å². The molecule has 3 heterocycles. The van der Waals surface area contributed by atoms with E-state index in [0.29, 0.717) is 25.6 Å². The summed E-state index contributed by atoms with van der Waals surface area (Å²) in [6.07, 6.45) is 6.85. The van der Waals surface area contributed by atoms with E-state index < -0.39 is 0 Å². The Balaban J connectivity index is 1.88. The molecule has 3 aromatic rings. The van der Waals surface area contributed by atoms with Gasteiger partial charge in [-0.2, -0.15) is 0 Å². The highest BCUT2D eigenvalue weighted by atomic mass is 16.5. The first-order valence-corrected chi connectivity index (χ1v) is 7.33. The third-order valence-corrected chi connectivity index (χ3v) is 3.21. The van der Waals surface area contributed by atoms with Crippen molar-refractivity contribution in [3.05, 3.63) is 43.0 Å². The maximum absolute atomic E-state index is 8.71. The van der Waals surface area contributed by atoms with Crippen molar-refractivity contribution < 1.29 is 9.84 Å². The Bertz CT molecular complexity index is 767. The van der Waals surface area contributed by atoms with Crippen LogP contribution in [0.2, 0.25) is 0 Å². The molecule has 0 aliphatic rings. The Labute approximate surface area is 133 Å². The lowest BCUT2D eigenvalue weighted by atomic mass is 10.2. The largest absolute Gasteiger partial charge is 0.394 e. The van der Waals surface area contributed by atoms with Gasteiger partial charge in [0.15, 0.2) is 5.82 Å². The summed E-state index contributed by atoms with van der Waals surface area (Å²) >= 11 is 0. The Morgan fingerprint density at radius 1 is 1.00 bits per heavy atom. The van der Waals surface area contributed by atoms with Crippen LogP contribution in [-0.4, -0.2) is 51.4 Å². The molecule has 0 unspecified atom stereocenters. The minimum Gasteiger partial charge on any atom is -0.394 e. The lowest BCUT2D eigenvalue weighted by Crippen LogP contribution is -2.13. The van der Waals surface area contributed by atoms with Gasteiger partial charge in [-0.25, -0.2) is 9.97 Å². The van der Waals surface area contributed by atoms with Crippen LogP contribution in [0.1, 0.15) is 0 Å². The molecular weight excluding hydrogens is 294 g/mol. The molecule has 0 spiro atoms. The molecule has 0 aliphatic carbocycles. The van der Waals surface area contributed by atoms with E-state index in [4.69, 9.17) is 9.84 Å². The van der Waals surface area contributed by atoms with Crippen molar-refractivity contribution >= 4 is 16.7 Å². The van der Waals surface area contributed by atoms with Crippen molar-refractivity contribution in [3.63, 3.8) is 0 Å². The molecule has 3 rings (SSSR count). The topological polar surface area (TPSA) is 93.1 Å². The second kappa shape index (κ2) is 7.57. The van der Waals surface area contributed by atoms with Gasteiger partial charge in [0.25, 0.3) is 0 Å². The summed E-state index contributed by atoms with van der Waals surface area (Å²) in [6, 6.07) is 5.61. The predicted octanol–water partition coefficient (Wildman–Crippen LogP) is 1.51. The van der Waals surface area contributed by atoms with Crippen LogP contribution in [0.3, 0.4) is 0 Å². The van der Waals surface area contributed by atoms with Crippen LogP contribution in [0.4, 0.5) is 5.82 Å². The number of fused-ring (bicyclic) bond motifs is 1. The minimum atomic E-state index is 0.0221. The van der Waals surface area contributed by atoms with Gasteiger partial charge in [0.05, 0.1) is 31.5 Å². The Kier molecular flexibility index (Phi) is 5.02. The summed E-state index contributed by atoms with van der Waals surface area (Å²) in [5, 5.41) is 12.9. The molecule has 0 amide bonds. The SMILES string of the molecule is OCCOCCNc1nc(-c2ccncc2)nc2cnccc12. The maximum Gasteiger partial charge on any atom is 0.162 e. The van der Waals surface area contributed by atoms with Crippen LogP contribution < -0.4 is 5.32 Å². The zero-order chi connectivity index (χ0) is 15.9. The first kappa shape index (κ1) is 15.3. The van der Waals surface area contributed by atoms with Gasteiger partial charge in [-0.1, -0.05) is 0 Å². The molecule has 0 saturated carbocycles. The monoisotopic (exact) mass is 311 g/mol. The van der Waals surface area contributed by atoms with Crippen LogP contribution in [0.15, 0.2) is 43.0 Å². The number of nitrogens with zero attached hydrogens (tertiary/aromatic N) is 4. The fourth-order valence-corrected chi connectivity index (χ4v) is 2.15. The first-order chi connectivity index (χ1) is 11.4. The number of rotatable bonds is 7. The van der Waals surface area contributed by atoms with Gasteiger partial charge in [0.2, 0.25) is 0 Å².